The van der Waals surface area contributed by atoms with Crippen LogP contribution in [-0.2, 0) is 30.4 Å². The number of hydrogen-bond donors (Lipinski definition) is 3. The van der Waals surface area contributed by atoms with E-state index in [1.807, 2.05) is 37.3 Å². The zero-order chi connectivity index (χ0) is 26.9. The number of likely N-dealkylation sites (tertiary alicyclic amines) is 1. The highest BCUT2D eigenvalue weighted by atomic mass is 79.9. The van der Waals surface area contributed by atoms with Crippen molar-refractivity contribution in [3.63, 3.8) is 0 Å². The molecule has 4 fully saturated rings. The highest BCUT2D eigenvalue weighted by Gasteiger charge is 2.76. The summed E-state index contributed by atoms with van der Waals surface area (Å²) in [6, 6.07) is 8.13. The molecule has 208 valence electrons. The summed E-state index contributed by atoms with van der Waals surface area (Å²) < 4.78 is 11.9. The lowest BCUT2D eigenvalue weighted by atomic mass is 9.70. The van der Waals surface area contributed by atoms with Gasteiger partial charge in [-0.1, -0.05) is 53.2 Å². The number of amides is 3. The van der Waals surface area contributed by atoms with Crippen LogP contribution in [0.2, 0.25) is 0 Å². The summed E-state index contributed by atoms with van der Waals surface area (Å²) in [7, 11) is 0. The minimum Gasteiger partial charge on any atom is -0.394 e. The smallest absolute Gasteiger partial charge is 0.245 e. The largest absolute Gasteiger partial charge is 0.394 e. The molecule has 4 heterocycles. The fourth-order valence-corrected chi connectivity index (χ4v) is 7.58. The van der Waals surface area contributed by atoms with Crippen LogP contribution < -0.4 is 10.6 Å². The molecule has 4 aliphatic rings. The van der Waals surface area contributed by atoms with E-state index >= 15 is 0 Å². The van der Waals surface area contributed by atoms with Crippen LogP contribution in [0, 0.1) is 11.8 Å². The number of morpholine rings is 1. The van der Waals surface area contributed by atoms with Gasteiger partial charge in [-0.25, -0.2) is 0 Å². The zero-order valence-electron chi connectivity index (χ0n) is 21.7. The van der Waals surface area contributed by atoms with E-state index in [4.69, 9.17) is 9.47 Å². The second kappa shape index (κ2) is 11.6. The Morgan fingerprint density at radius 3 is 2.61 bits per heavy atom. The average Bonchev–Trinajstić information content (AvgIpc) is 3.53. The first-order chi connectivity index (χ1) is 18.4. The summed E-state index contributed by atoms with van der Waals surface area (Å²) in [4.78, 5) is 44.9. The lowest BCUT2D eigenvalue weighted by Crippen LogP contribution is -2.58. The van der Waals surface area contributed by atoms with Crippen LogP contribution in [0.15, 0.2) is 30.3 Å². The molecule has 5 rings (SSSR count). The SMILES string of the molecule is CC[C@@H](CO)N1C(=O)[C@@H]2[C@@H](C(=O)NCc3ccccc3)[C@@H]3OC2(CC3Br)C1C(=O)NCCN1CCOCC1. The minimum absolute atomic E-state index is 0.170. The van der Waals surface area contributed by atoms with E-state index in [2.05, 4.69) is 31.5 Å². The number of benzene rings is 1. The fraction of sp³-hybridized carbons (Fsp3) is 0.667. The van der Waals surface area contributed by atoms with E-state index in [0.29, 0.717) is 45.7 Å². The highest BCUT2D eigenvalue weighted by Crippen LogP contribution is 2.60. The molecule has 11 heteroatoms. The summed E-state index contributed by atoms with van der Waals surface area (Å²) in [6.07, 6.45) is 0.408. The maximum atomic E-state index is 14.0. The van der Waals surface area contributed by atoms with Crippen molar-refractivity contribution in [2.24, 2.45) is 11.8 Å². The molecule has 1 aromatic carbocycles. The second-order valence-corrected chi connectivity index (χ2v) is 11.8. The molecular formula is C27H37BrN4O6. The monoisotopic (exact) mass is 592 g/mol. The number of ether oxygens (including phenoxy) is 2. The molecule has 3 amide bonds. The van der Waals surface area contributed by atoms with Crippen molar-refractivity contribution in [3.05, 3.63) is 35.9 Å². The molecule has 3 unspecified atom stereocenters. The van der Waals surface area contributed by atoms with Gasteiger partial charge in [0.2, 0.25) is 17.7 Å². The number of hydrogen-bond acceptors (Lipinski definition) is 7. The number of rotatable bonds is 10. The van der Waals surface area contributed by atoms with E-state index in [1.165, 1.54) is 4.90 Å². The Morgan fingerprint density at radius 2 is 1.92 bits per heavy atom. The third-order valence-electron chi connectivity index (χ3n) is 8.49. The lowest BCUT2D eigenvalue weighted by molar-refractivity contribution is -0.145. The first kappa shape index (κ1) is 27.5. The number of carbonyl (C=O) groups is 3. The summed E-state index contributed by atoms with van der Waals surface area (Å²) in [5.41, 5.74) is -0.172. The normalized spacial score (nSPS) is 33.3. The Kier molecular flexibility index (Phi) is 8.39. The van der Waals surface area contributed by atoms with Gasteiger partial charge in [-0.05, 0) is 18.4 Å². The van der Waals surface area contributed by atoms with Crippen LogP contribution in [0.5, 0.6) is 0 Å². The number of aliphatic hydroxyl groups excluding tert-OH is 1. The van der Waals surface area contributed by atoms with Gasteiger partial charge in [0.15, 0.2) is 0 Å². The summed E-state index contributed by atoms with van der Waals surface area (Å²) in [5, 5.41) is 16.2. The van der Waals surface area contributed by atoms with Crippen molar-refractivity contribution in [1.82, 2.24) is 20.4 Å². The van der Waals surface area contributed by atoms with Gasteiger partial charge in [0.05, 0.1) is 43.8 Å². The van der Waals surface area contributed by atoms with Gasteiger partial charge in [-0.3, -0.25) is 19.3 Å². The number of nitrogens with one attached hydrogen (secondary N) is 2. The molecule has 0 saturated carbocycles. The zero-order valence-corrected chi connectivity index (χ0v) is 23.3. The van der Waals surface area contributed by atoms with E-state index in [-0.39, 0.29) is 29.2 Å². The van der Waals surface area contributed by atoms with Crippen LogP contribution >= 0.6 is 15.9 Å². The minimum atomic E-state index is -1.13. The molecule has 0 aliphatic carbocycles. The van der Waals surface area contributed by atoms with Gasteiger partial charge in [-0.15, -0.1) is 0 Å². The van der Waals surface area contributed by atoms with Gasteiger partial charge < -0.3 is 30.1 Å². The quantitative estimate of drug-likeness (QED) is 0.333. The third-order valence-corrected chi connectivity index (χ3v) is 9.34. The molecule has 1 aromatic rings. The van der Waals surface area contributed by atoms with Gasteiger partial charge in [0.25, 0.3) is 0 Å². The Balaban J connectivity index is 1.37. The van der Waals surface area contributed by atoms with E-state index in [9.17, 15) is 19.5 Å². The number of alkyl halides is 1. The van der Waals surface area contributed by atoms with E-state index < -0.39 is 35.6 Å². The standard InChI is InChI=1S/C27H37BrN4O6/c1-2-18(16-33)32-23(25(35)29-8-9-31-10-12-37-13-11-31)27-14-19(28)22(38-27)20(21(27)26(32)36)24(34)30-15-17-6-4-3-5-7-17/h3-7,18-23,33H,2,8-16H2,1H3,(H,29,35)(H,30,34)/t18-,19?,20+,21-,22+,23?,27?/m0/s1. The van der Waals surface area contributed by atoms with Crippen molar-refractivity contribution in [3.8, 4) is 0 Å². The number of aliphatic hydroxyl groups is 1. The summed E-state index contributed by atoms with van der Waals surface area (Å²) in [6.45, 7) is 6.03. The van der Waals surface area contributed by atoms with Crippen molar-refractivity contribution >= 4 is 33.7 Å². The van der Waals surface area contributed by atoms with E-state index in [1.54, 1.807) is 0 Å². The van der Waals surface area contributed by atoms with Crippen molar-refractivity contribution in [2.45, 2.75) is 54.9 Å². The topological polar surface area (TPSA) is 120 Å². The Labute approximate surface area is 231 Å². The predicted molar refractivity (Wildman–Crippen MR) is 142 cm³/mol. The molecule has 0 radical (unpaired) electrons. The van der Waals surface area contributed by atoms with Crippen LogP contribution in [0.25, 0.3) is 0 Å². The Morgan fingerprint density at radius 1 is 1.18 bits per heavy atom. The predicted octanol–water partition coefficient (Wildman–Crippen LogP) is 0.270. The third kappa shape index (κ3) is 4.88. The van der Waals surface area contributed by atoms with E-state index in [0.717, 1.165) is 18.7 Å². The number of nitrogens with zero attached hydrogens (tertiary/aromatic N) is 2. The van der Waals surface area contributed by atoms with Crippen molar-refractivity contribution in [2.75, 3.05) is 46.0 Å². The molecular weight excluding hydrogens is 556 g/mol. The average molecular weight is 594 g/mol. The molecule has 7 atom stereocenters. The number of halogens is 1. The van der Waals surface area contributed by atoms with Crippen molar-refractivity contribution in [1.29, 1.82) is 0 Å². The van der Waals surface area contributed by atoms with Crippen LogP contribution in [0.4, 0.5) is 0 Å². The second-order valence-electron chi connectivity index (χ2n) is 10.6. The molecule has 4 saturated heterocycles. The maximum absolute atomic E-state index is 14.0. The summed E-state index contributed by atoms with van der Waals surface area (Å²) in [5.74, 6) is -2.36. The molecule has 4 aliphatic heterocycles. The van der Waals surface area contributed by atoms with Crippen molar-refractivity contribution < 1.29 is 29.0 Å². The lowest BCUT2D eigenvalue weighted by Gasteiger charge is -2.36. The summed E-state index contributed by atoms with van der Waals surface area (Å²) >= 11 is 3.69. The molecule has 2 bridgehead atoms. The molecule has 10 nitrogen and oxygen atoms in total. The van der Waals surface area contributed by atoms with Crippen LogP contribution in [0.1, 0.15) is 25.3 Å². The molecule has 38 heavy (non-hydrogen) atoms. The number of fused-ring (bicyclic) bond motifs is 1. The molecule has 0 aromatic heterocycles. The Bertz CT molecular complexity index is 1020. The first-order valence-corrected chi connectivity index (χ1v) is 14.5. The molecule has 3 N–H and O–H groups in total. The molecule has 1 spiro atoms. The fourth-order valence-electron chi connectivity index (χ4n) is 6.64. The highest BCUT2D eigenvalue weighted by molar-refractivity contribution is 9.09. The first-order valence-electron chi connectivity index (χ1n) is 13.6. The van der Waals surface area contributed by atoms with Crippen LogP contribution in [0.3, 0.4) is 0 Å². The van der Waals surface area contributed by atoms with Gasteiger partial charge >= 0.3 is 0 Å². The van der Waals surface area contributed by atoms with Gasteiger partial charge in [0, 0.05) is 37.6 Å². The van der Waals surface area contributed by atoms with Gasteiger partial charge in [-0.2, -0.15) is 0 Å². The Hall–Kier alpha value is -2.05. The van der Waals surface area contributed by atoms with Crippen LogP contribution in [-0.4, -0.2) is 107 Å². The number of carbonyl (C=O) groups excluding carboxylic acids is 3. The van der Waals surface area contributed by atoms with Gasteiger partial charge in [0.1, 0.15) is 11.6 Å². The maximum Gasteiger partial charge on any atom is 0.245 e.